The number of rotatable bonds is 4. The number of thioether (sulfide) groups is 2. The van der Waals surface area contributed by atoms with Crippen molar-refractivity contribution in [2.75, 3.05) is 16.8 Å². The van der Waals surface area contributed by atoms with Crippen LogP contribution in [0.25, 0.3) is 5.69 Å². The number of aromatic nitrogens is 2. The van der Waals surface area contributed by atoms with Gasteiger partial charge in [0.25, 0.3) is 5.91 Å². The molecule has 6 heteroatoms. The quantitative estimate of drug-likeness (QED) is 0.691. The standard InChI is InChI=1S/C20H19N3OS2/c24-19(16-13-21-23(14-16)18-8-2-1-3-9-18)22-17-7-4-6-15(12-17)20-25-10-5-11-26-20/h1-4,6-9,12-14,20H,5,10-11H2,(H,22,24). The van der Waals surface area contributed by atoms with Gasteiger partial charge in [-0.2, -0.15) is 5.10 Å². The number of benzene rings is 2. The van der Waals surface area contributed by atoms with Crippen molar-refractivity contribution in [1.29, 1.82) is 0 Å². The van der Waals surface area contributed by atoms with E-state index in [2.05, 4.69) is 22.5 Å². The highest BCUT2D eigenvalue weighted by Gasteiger charge is 2.17. The van der Waals surface area contributed by atoms with Gasteiger partial charge in [-0.1, -0.05) is 30.3 Å². The van der Waals surface area contributed by atoms with Gasteiger partial charge in [-0.25, -0.2) is 4.68 Å². The summed E-state index contributed by atoms with van der Waals surface area (Å²) in [6.07, 6.45) is 4.62. The van der Waals surface area contributed by atoms with Crippen LogP contribution in [0.4, 0.5) is 5.69 Å². The van der Waals surface area contributed by atoms with Crippen molar-refractivity contribution in [1.82, 2.24) is 9.78 Å². The van der Waals surface area contributed by atoms with Crippen molar-refractivity contribution in [3.8, 4) is 5.69 Å². The Morgan fingerprint density at radius 2 is 1.88 bits per heavy atom. The van der Waals surface area contributed by atoms with Crippen LogP contribution < -0.4 is 5.32 Å². The topological polar surface area (TPSA) is 46.9 Å². The molecule has 0 spiro atoms. The maximum absolute atomic E-state index is 12.6. The van der Waals surface area contributed by atoms with E-state index in [9.17, 15) is 4.79 Å². The van der Waals surface area contributed by atoms with Crippen molar-refractivity contribution in [2.45, 2.75) is 11.0 Å². The van der Waals surface area contributed by atoms with Crippen molar-refractivity contribution >= 4 is 35.1 Å². The maximum atomic E-state index is 12.6. The van der Waals surface area contributed by atoms with E-state index in [-0.39, 0.29) is 5.91 Å². The number of para-hydroxylation sites is 1. The highest BCUT2D eigenvalue weighted by atomic mass is 32.2. The molecule has 132 valence electrons. The van der Waals surface area contributed by atoms with Gasteiger partial charge in [0, 0.05) is 11.9 Å². The fourth-order valence-corrected chi connectivity index (χ4v) is 5.68. The van der Waals surface area contributed by atoms with Crippen LogP contribution in [0.5, 0.6) is 0 Å². The van der Waals surface area contributed by atoms with Crippen molar-refractivity contribution < 1.29 is 4.79 Å². The predicted octanol–water partition coefficient (Wildman–Crippen LogP) is 4.99. The fourth-order valence-electron chi connectivity index (χ4n) is 2.81. The molecule has 2 heterocycles. The van der Waals surface area contributed by atoms with Crippen LogP contribution in [0, 0.1) is 0 Å². The molecule has 4 nitrogen and oxygen atoms in total. The molecule has 26 heavy (non-hydrogen) atoms. The summed E-state index contributed by atoms with van der Waals surface area (Å²) in [7, 11) is 0. The second kappa shape index (κ2) is 8.01. The van der Waals surface area contributed by atoms with Crippen LogP contribution in [0.15, 0.2) is 67.0 Å². The molecule has 4 rings (SSSR count). The lowest BCUT2D eigenvalue weighted by molar-refractivity contribution is 0.102. The van der Waals surface area contributed by atoms with Crippen molar-refractivity contribution in [2.24, 2.45) is 0 Å². The van der Waals surface area contributed by atoms with Crippen LogP contribution in [0.3, 0.4) is 0 Å². The Morgan fingerprint density at radius 3 is 2.69 bits per heavy atom. The van der Waals surface area contributed by atoms with E-state index in [0.717, 1.165) is 11.4 Å². The summed E-state index contributed by atoms with van der Waals surface area (Å²) in [5.41, 5.74) is 3.56. The summed E-state index contributed by atoms with van der Waals surface area (Å²) < 4.78 is 2.17. The van der Waals surface area contributed by atoms with E-state index >= 15 is 0 Å². The zero-order valence-electron chi connectivity index (χ0n) is 14.2. The molecule has 0 saturated carbocycles. The Labute approximate surface area is 161 Å². The third kappa shape index (κ3) is 3.97. The number of amides is 1. The SMILES string of the molecule is O=C(Nc1cccc(C2SCCCS2)c1)c1cnn(-c2ccccc2)c1. The van der Waals surface area contributed by atoms with Gasteiger partial charge in [-0.3, -0.25) is 4.79 Å². The normalized spacial score (nSPS) is 14.9. The zero-order valence-corrected chi connectivity index (χ0v) is 15.8. The van der Waals surface area contributed by atoms with Gasteiger partial charge in [0.2, 0.25) is 0 Å². The molecule has 0 radical (unpaired) electrons. The summed E-state index contributed by atoms with van der Waals surface area (Å²) in [6, 6.07) is 17.9. The lowest BCUT2D eigenvalue weighted by Crippen LogP contribution is -2.11. The molecule has 0 bridgehead atoms. The van der Waals surface area contributed by atoms with Crippen LogP contribution >= 0.6 is 23.5 Å². The van der Waals surface area contributed by atoms with Gasteiger partial charge < -0.3 is 5.32 Å². The van der Waals surface area contributed by atoms with Crippen LogP contribution in [0.2, 0.25) is 0 Å². The number of nitrogens with one attached hydrogen (secondary N) is 1. The molecule has 2 aromatic carbocycles. The molecule has 1 N–H and O–H groups in total. The second-order valence-electron chi connectivity index (χ2n) is 6.02. The Morgan fingerprint density at radius 1 is 1.08 bits per heavy atom. The van der Waals surface area contributed by atoms with E-state index in [1.165, 1.54) is 23.5 Å². The molecule has 1 aliphatic heterocycles. The first-order valence-electron chi connectivity index (χ1n) is 8.54. The molecule has 1 fully saturated rings. The molecular formula is C20H19N3OS2. The average Bonchev–Trinajstić information content (AvgIpc) is 3.20. The summed E-state index contributed by atoms with van der Waals surface area (Å²) >= 11 is 3.96. The van der Waals surface area contributed by atoms with Gasteiger partial charge in [0.1, 0.15) is 0 Å². The third-order valence-electron chi connectivity index (χ3n) is 4.11. The summed E-state index contributed by atoms with van der Waals surface area (Å²) in [5.74, 6) is 2.26. The average molecular weight is 382 g/mol. The molecule has 1 amide bonds. The molecule has 1 aromatic heterocycles. The van der Waals surface area contributed by atoms with E-state index in [0.29, 0.717) is 10.1 Å². The van der Waals surface area contributed by atoms with Crippen LogP contribution in [-0.4, -0.2) is 27.2 Å². The Hall–Kier alpha value is -2.18. The molecule has 0 aliphatic carbocycles. The first kappa shape index (κ1) is 17.2. The van der Waals surface area contributed by atoms with Crippen LogP contribution in [0.1, 0.15) is 26.9 Å². The molecule has 3 aromatic rings. The Kier molecular flexibility index (Phi) is 5.32. The lowest BCUT2D eigenvalue weighted by Gasteiger charge is -2.21. The summed E-state index contributed by atoms with van der Waals surface area (Å²) in [4.78, 5) is 12.6. The summed E-state index contributed by atoms with van der Waals surface area (Å²) in [5, 5.41) is 7.28. The Bertz CT molecular complexity index is 889. The lowest BCUT2D eigenvalue weighted by atomic mass is 10.2. The second-order valence-corrected chi connectivity index (χ2v) is 8.74. The summed E-state index contributed by atoms with van der Waals surface area (Å²) in [6.45, 7) is 0. The minimum absolute atomic E-state index is 0.145. The number of anilines is 1. The third-order valence-corrected chi connectivity index (χ3v) is 7.12. The van der Waals surface area contributed by atoms with Gasteiger partial charge in [-0.05, 0) is 47.8 Å². The highest BCUT2D eigenvalue weighted by molar-refractivity contribution is 8.16. The fraction of sp³-hybridized carbons (Fsp3) is 0.200. The zero-order chi connectivity index (χ0) is 17.8. The number of carbonyl (C=O) groups is 1. The number of nitrogens with zero attached hydrogens (tertiary/aromatic N) is 2. The largest absolute Gasteiger partial charge is 0.322 e. The highest BCUT2D eigenvalue weighted by Crippen LogP contribution is 2.44. The number of hydrogen-bond donors (Lipinski definition) is 1. The van der Waals surface area contributed by atoms with Crippen LogP contribution in [-0.2, 0) is 0 Å². The van der Waals surface area contributed by atoms with Gasteiger partial charge in [0.05, 0.1) is 22.0 Å². The molecule has 0 atom stereocenters. The van der Waals surface area contributed by atoms with E-state index in [1.54, 1.807) is 17.1 Å². The predicted molar refractivity (Wildman–Crippen MR) is 110 cm³/mol. The van der Waals surface area contributed by atoms with Gasteiger partial charge in [-0.15, -0.1) is 23.5 Å². The van der Waals surface area contributed by atoms with E-state index < -0.39 is 0 Å². The molecule has 0 unspecified atom stereocenters. The van der Waals surface area contributed by atoms with E-state index in [4.69, 9.17) is 0 Å². The molecular weight excluding hydrogens is 362 g/mol. The van der Waals surface area contributed by atoms with Crippen molar-refractivity contribution in [3.05, 3.63) is 78.1 Å². The maximum Gasteiger partial charge on any atom is 0.258 e. The smallest absolute Gasteiger partial charge is 0.258 e. The first-order valence-corrected chi connectivity index (χ1v) is 10.6. The molecule has 1 aliphatic rings. The van der Waals surface area contributed by atoms with Crippen molar-refractivity contribution in [3.63, 3.8) is 0 Å². The number of hydrogen-bond acceptors (Lipinski definition) is 4. The molecule has 1 saturated heterocycles. The minimum Gasteiger partial charge on any atom is -0.322 e. The Balaban J connectivity index is 1.47. The monoisotopic (exact) mass is 381 g/mol. The minimum atomic E-state index is -0.145. The van der Waals surface area contributed by atoms with E-state index in [1.807, 2.05) is 66.0 Å². The van der Waals surface area contributed by atoms with Gasteiger partial charge >= 0.3 is 0 Å². The number of carbonyl (C=O) groups excluding carboxylic acids is 1. The van der Waals surface area contributed by atoms with Gasteiger partial charge in [0.15, 0.2) is 0 Å². The first-order chi connectivity index (χ1) is 12.8.